The zero-order valence-corrected chi connectivity index (χ0v) is 13.6. The van der Waals surface area contributed by atoms with E-state index >= 15 is 0 Å². The molecule has 3 aromatic heterocycles. The molecule has 4 rings (SSSR count). The van der Waals surface area contributed by atoms with Gasteiger partial charge in [0.1, 0.15) is 12.7 Å². The number of pyridine rings is 1. The molecule has 0 aliphatic heterocycles. The van der Waals surface area contributed by atoms with Crippen molar-refractivity contribution < 1.29 is 4.57 Å². The summed E-state index contributed by atoms with van der Waals surface area (Å²) in [6, 6.07) is 12.8. The van der Waals surface area contributed by atoms with Crippen LogP contribution in [0, 0.1) is 6.92 Å². The van der Waals surface area contributed by atoms with Crippen LogP contribution in [-0.4, -0.2) is 14.0 Å². The lowest BCUT2D eigenvalue weighted by atomic mass is 10.0. The number of aromatic nitrogens is 4. The van der Waals surface area contributed by atoms with E-state index in [2.05, 4.69) is 88.3 Å². The molecular weight excluding hydrogens is 284 g/mol. The van der Waals surface area contributed by atoms with Gasteiger partial charge in [-0.15, -0.1) is 0 Å². The van der Waals surface area contributed by atoms with Crippen molar-refractivity contribution in [2.75, 3.05) is 0 Å². The molecule has 0 fully saturated rings. The fourth-order valence-electron chi connectivity index (χ4n) is 3.20. The summed E-state index contributed by atoms with van der Waals surface area (Å²) in [5, 5.41) is 0. The molecular formula is C19H19N4+. The summed E-state index contributed by atoms with van der Waals surface area (Å²) in [5.74, 6) is 0.946. The lowest BCUT2D eigenvalue weighted by molar-refractivity contribution is -0.660. The van der Waals surface area contributed by atoms with Crippen LogP contribution in [0.5, 0.6) is 0 Å². The normalized spacial score (nSPS) is 11.3. The Morgan fingerprint density at radius 1 is 1.13 bits per heavy atom. The van der Waals surface area contributed by atoms with E-state index in [1.165, 1.54) is 22.4 Å². The largest absolute Gasteiger partial charge is 0.308 e. The van der Waals surface area contributed by atoms with E-state index in [4.69, 9.17) is 0 Å². The Balaban J connectivity index is 1.95. The van der Waals surface area contributed by atoms with Crippen LogP contribution in [0.1, 0.15) is 5.56 Å². The predicted octanol–water partition coefficient (Wildman–Crippen LogP) is 3.14. The number of nitrogens with zero attached hydrogens (tertiary/aromatic N) is 4. The van der Waals surface area contributed by atoms with Crippen molar-refractivity contribution in [2.45, 2.75) is 6.92 Å². The minimum absolute atomic E-state index is 0.946. The molecule has 1 aromatic carbocycles. The highest BCUT2D eigenvalue weighted by Gasteiger charge is 2.19. The first-order valence-corrected chi connectivity index (χ1v) is 7.69. The average Bonchev–Trinajstić information content (AvgIpc) is 3.12. The summed E-state index contributed by atoms with van der Waals surface area (Å²) in [5.41, 5.74) is 6.08. The van der Waals surface area contributed by atoms with Crippen LogP contribution in [0.3, 0.4) is 0 Å². The lowest BCUT2D eigenvalue weighted by Crippen LogP contribution is -2.31. The topological polar surface area (TPSA) is 26.1 Å². The highest BCUT2D eigenvalue weighted by Crippen LogP contribution is 2.27. The number of rotatable bonds is 2. The third kappa shape index (κ3) is 2.14. The van der Waals surface area contributed by atoms with Gasteiger partial charge in [-0.3, -0.25) is 4.40 Å². The first-order chi connectivity index (χ1) is 11.1. The predicted molar refractivity (Wildman–Crippen MR) is 90.9 cm³/mol. The van der Waals surface area contributed by atoms with Crippen LogP contribution in [0.25, 0.3) is 28.3 Å². The van der Waals surface area contributed by atoms with Crippen LogP contribution >= 0.6 is 0 Å². The van der Waals surface area contributed by atoms with Gasteiger partial charge in [-0.2, -0.15) is 4.57 Å². The molecule has 0 saturated heterocycles. The van der Waals surface area contributed by atoms with E-state index in [1.807, 2.05) is 12.4 Å². The van der Waals surface area contributed by atoms with Crippen molar-refractivity contribution >= 4 is 5.78 Å². The van der Waals surface area contributed by atoms with Gasteiger partial charge in [-0.25, -0.2) is 4.98 Å². The highest BCUT2D eigenvalue weighted by atomic mass is 15.2. The van der Waals surface area contributed by atoms with Crippen LogP contribution in [0.15, 0.2) is 61.2 Å². The maximum absolute atomic E-state index is 4.41. The number of hydrogen-bond donors (Lipinski definition) is 0. The van der Waals surface area contributed by atoms with Gasteiger partial charge in [0.05, 0.1) is 0 Å². The molecule has 0 aliphatic carbocycles. The van der Waals surface area contributed by atoms with Crippen molar-refractivity contribution in [2.24, 2.45) is 14.1 Å². The Morgan fingerprint density at radius 3 is 2.65 bits per heavy atom. The molecule has 4 heteroatoms. The van der Waals surface area contributed by atoms with Gasteiger partial charge in [0.2, 0.25) is 11.5 Å². The number of fused-ring (bicyclic) bond motifs is 1. The smallest absolute Gasteiger partial charge is 0.231 e. The Bertz CT molecular complexity index is 993. The van der Waals surface area contributed by atoms with Gasteiger partial charge < -0.3 is 4.57 Å². The van der Waals surface area contributed by atoms with Gasteiger partial charge in [0.15, 0.2) is 6.20 Å². The van der Waals surface area contributed by atoms with Crippen molar-refractivity contribution in [3.63, 3.8) is 0 Å². The van der Waals surface area contributed by atoms with E-state index in [0.29, 0.717) is 0 Å². The van der Waals surface area contributed by atoms with E-state index in [-0.39, 0.29) is 0 Å². The van der Waals surface area contributed by atoms with Crippen LogP contribution < -0.4 is 4.57 Å². The Morgan fingerprint density at radius 2 is 1.91 bits per heavy atom. The van der Waals surface area contributed by atoms with Gasteiger partial charge in [-0.1, -0.05) is 30.3 Å². The third-order valence-electron chi connectivity index (χ3n) is 4.39. The molecule has 0 aliphatic rings. The quantitative estimate of drug-likeness (QED) is 0.522. The summed E-state index contributed by atoms with van der Waals surface area (Å²) in [7, 11) is 4.15. The zero-order chi connectivity index (χ0) is 16.0. The average molecular weight is 303 g/mol. The fraction of sp³-hybridized carbons (Fsp3) is 0.158. The van der Waals surface area contributed by atoms with Crippen molar-refractivity contribution in [3.05, 3.63) is 66.7 Å². The van der Waals surface area contributed by atoms with E-state index in [0.717, 1.165) is 11.5 Å². The molecule has 0 N–H and O–H groups in total. The Hall–Kier alpha value is -2.88. The lowest BCUT2D eigenvalue weighted by Gasteiger charge is -2.08. The second-order valence-corrected chi connectivity index (χ2v) is 5.94. The van der Waals surface area contributed by atoms with Crippen molar-refractivity contribution in [1.29, 1.82) is 0 Å². The molecule has 0 radical (unpaired) electrons. The maximum Gasteiger partial charge on any atom is 0.231 e. The number of imidazole rings is 2. The summed E-state index contributed by atoms with van der Waals surface area (Å²) >= 11 is 0. The van der Waals surface area contributed by atoms with Crippen molar-refractivity contribution in [1.82, 2.24) is 14.0 Å². The number of benzene rings is 1. The SMILES string of the molecule is Cc1c[n+](C)c(-c2cn3ccnc3n2C)cc1-c1ccccc1. The highest BCUT2D eigenvalue weighted by molar-refractivity contribution is 5.71. The Labute approximate surface area is 135 Å². The molecule has 0 bridgehead atoms. The standard InChI is InChI=1S/C19H19N4/c1-14-12-21(2)17(11-16(14)15-7-5-4-6-8-15)18-13-23-10-9-20-19(23)22(18)3/h4-13H,1-3H3/q+1. The molecule has 0 spiro atoms. The zero-order valence-electron chi connectivity index (χ0n) is 13.6. The van der Waals surface area contributed by atoms with Crippen molar-refractivity contribution in [3.8, 4) is 22.5 Å². The molecule has 114 valence electrons. The number of aryl methyl sites for hydroxylation is 3. The second-order valence-electron chi connectivity index (χ2n) is 5.94. The summed E-state index contributed by atoms with van der Waals surface area (Å²) in [6.07, 6.45) is 8.12. The fourth-order valence-corrected chi connectivity index (χ4v) is 3.20. The molecule has 3 heterocycles. The minimum Gasteiger partial charge on any atom is -0.308 e. The summed E-state index contributed by atoms with van der Waals surface area (Å²) in [6.45, 7) is 2.16. The maximum atomic E-state index is 4.41. The summed E-state index contributed by atoms with van der Waals surface area (Å²) in [4.78, 5) is 4.41. The first kappa shape index (κ1) is 13.8. The van der Waals surface area contributed by atoms with E-state index in [1.54, 1.807) is 0 Å². The van der Waals surface area contributed by atoms with Gasteiger partial charge in [0, 0.05) is 37.3 Å². The van der Waals surface area contributed by atoms with Gasteiger partial charge in [0.25, 0.3) is 0 Å². The third-order valence-corrected chi connectivity index (χ3v) is 4.39. The molecule has 0 amide bonds. The van der Waals surface area contributed by atoms with Crippen LogP contribution in [0.4, 0.5) is 0 Å². The molecule has 0 atom stereocenters. The minimum atomic E-state index is 0.946. The monoisotopic (exact) mass is 303 g/mol. The second kappa shape index (κ2) is 5.09. The van der Waals surface area contributed by atoms with Gasteiger partial charge in [-0.05, 0) is 18.1 Å². The number of hydrogen-bond acceptors (Lipinski definition) is 1. The van der Waals surface area contributed by atoms with E-state index in [9.17, 15) is 0 Å². The molecule has 4 nitrogen and oxygen atoms in total. The van der Waals surface area contributed by atoms with Crippen LogP contribution in [0.2, 0.25) is 0 Å². The molecule has 4 aromatic rings. The molecule has 0 unspecified atom stereocenters. The molecule has 0 saturated carbocycles. The first-order valence-electron chi connectivity index (χ1n) is 7.69. The summed E-state index contributed by atoms with van der Waals surface area (Å²) < 4.78 is 6.35. The van der Waals surface area contributed by atoms with E-state index < -0.39 is 0 Å². The Kier molecular flexibility index (Phi) is 3.05. The molecule has 23 heavy (non-hydrogen) atoms. The van der Waals surface area contributed by atoms with Crippen LogP contribution in [-0.2, 0) is 14.1 Å². The van der Waals surface area contributed by atoms with Gasteiger partial charge >= 0.3 is 0 Å².